The summed E-state index contributed by atoms with van der Waals surface area (Å²) in [5.74, 6) is 0.551. The summed E-state index contributed by atoms with van der Waals surface area (Å²) in [5.41, 5.74) is -0.00157. The number of nitrogens with one attached hydrogen (secondary N) is 1. The van der Waals surface area contributed by atoms with Crippen molar-refractivity contribution in [2.75, 3.05) is 5.32 Å². The van der Waals surface area contributed by atoms with Crippen LogP contribution < -0.4 is 5.32 Å². The zero-order valence-electron chi connectivity index (χ0n) is 9.43. The maximum atomic E-state index is 12.7. The highest BCUT2D eigenvalue weighted by Crippen LogP contribution is 2.29. The van der Waals surface area contributed by atoms with E-state index >= 15 is 0 Å². The monoisotopic (exact) mass is 304 g/mol. The van der Waals surface area contributed by atoms with Crippen molar-refractivity contribution >= 4 is 21.7 Å². The summed E-state index contributed by atoms with van der Waals surface area (Å²) in [6, 6.07) is 1.81. The number of alkyl halides is 2. The number of hydrogen-bond donors (Lipinski definition) is 1. The van der Waals surface area contributed by atoms with Gasteiger partial charge in [-0.1, -0.05) is 19.3 Å². The second-order valence-electron chi connectivity index (χ2n) is 4.37. The Kier molecular flexibility index (Phi) is 4.31. The topological polar surface area (TPSA) is 24.9 Å². The Morgan fingerprint density at radius 2 is 2.00 bits per heavy atom. The molecule has 0 saturated heterocycles. The summed E-state index contributed by atoms with van der Waals surface area (Å²) in [5, 5.41) is 3.24. The molecule has 94 valence electrons. The third-order valence-corrected chi connectivity index (χ3v) is 3.74. The molecular weight excluding hydrogens is 290 g/mol. The Hall–Kier alpha value is -0.710. The summed E-state index contributed by atoms with van der Waals surface area (Å²) in [7, 11) is 0. The lowest BCUT2D eigenvalue weighted by Crippen LogP contribution is -2.22. The van der Waals surface area contributed by atoms with E-state index in [1.54, 1.807) is 0 Å². The molecule has 0 spiro atoms. The van der Waals surface area contributed by atoms with Gasteiger partial charge in [-0.2, -0.15) is 0 Å². The van der Waals surface area contributed by atoms with Crippen molar-refractivity contribution in [3.05, 3.63) is 22.3 Å². The van der Waals surface area contributed by atoms with Gasteiger partial charge in [0.15, 0.2) is 0 Å². The lowest BCUT2D eigenvalue weighted by Gasteiger charge is -2.23. The van der Waals surface area contributed by atoms with E-state index < -0.39 is 6.43 Å². The number of hydrogen-bond acceptors (Lipinski definition) is 2. The molecule has 2 rings (SSSR count). The van der Waals surface area contributed by atoms with Gasteiger partial charge >= 0.3 is 0 Å². The van der Waals surface area contributed by atoms with Gasteiger partial charge in [0.2, 0.25) is 0 Å². The predicted molar refractivity (Wildman–Crippen MR) is 67.4 cm³/mol. The number of nitrogens with zero attached hydrogens (tertiary/aromatic N) is 1. The lowest BCUT2D eigenvalue weighted by atomic mass is 9.95. The minimum atomic E-state index is -2.47. The molecule has 0 amide bonds. The fraction of sp³-hybridized carbons (Fsp3) is 0.583. The van der Waals surface area contributed by atoms with Crippen molar-refractivity contribution in [3.8, 4) is 0 Å². The van der Waals surface area contributed by atoms with Gasteiger partial charge in [-0.3, -0.25) is 0 Å². The summed E-state index contributed by atoms with van der Waals surface area (Å²) in [6.45, 7) is 0. The first-order valence-corrected chi connectivity index (χ1v) is 6.66. The van der Waals surface area contributed by atoms with E-state index in [-0.39, 0.29) is 5.56 Å². The van der Waals surface area contributed by atoms with Crippen LogP contribution in [0.25, 0.3) is 0 Å². The maximum absolute atomic E-state index is 12.7. The quantitative estimate of drug-likeness (QED) is 0.887. The van der Waals surface area contributed by atoms with E-state index in [9.17, 15) is 8.78 Å². The van der Waals surface area contributed by atoms with Crippen LogP contribution in [-0.2, 0) is 0 Å². The van der Waals surface area contributed by atoms with Crippen LogP contribution in [0.2, 0.25) is 0 Å². The van der Waals surface area contributed by atoms with Crippen LogP contribution in [0, 0.1) is 0 Å². The van der Waals surface area contributed by atoms with E-state index in [1.165, 1.54) is 31.5 Å². The largest absolute Gasteiger partial charge is 0.367 e. The zero-order valence-corrected chi connectivity index (χ0v) is 11.0. The second-order valence-corrected chi connectivity index (χ2v) is 5.23. The van der Waals surface area contributed by atoms with E-state index in [2.05, 4.69) is 26.2 Å². The Bertz CT molecular complexity index is 379. The molecule has 1 fully saturated rings. The van der Waals surface area contributed by atoms with Crippen molar-refractivity contribution in [2.24, 2.45) is 0 Å². The van der Waals surface area contributed by atoms with Gasteiger partial charge in [0.05, 0.1) is 0 Å². The number of aromatic nitrogens is 1. The van der Waals surface area contributed by atoms with Crippen molar-refractivity contribution in [1.82, 2.24) is 4.98 Å². The molecule has 1 aromatic rings. The molecule has 0 radical (unpaired) electrons. The third-order valence-electron chi connectivity index (χ3n) is 3.08. The Balaban J connectivity index is 2.07. The average Bonchev–Trinajstić information content (AvgIpc) is 2.32. The lowest BCUT2D eigenvalue weighted by molar-refractivity contribution is 0.150. The SMILES string of the molecule is FC(F)c1cc(NC2CCCCC2)ncc1Br. The van der Waals surface area contributed by atoms with Gasteiger partial charge in [-0.15, -0.1) is 0 Å². The Morgan fingerprint density at radius 3 is 2.65 bits per heavy atom. The molecule has 0 aliphatic heterocycles. The fourth-order valence-electron chi connectivity index (χ4n) is 2.16. The molecule has 17 heavy (non-hydrogen) atoms. The van der Waals surface area contributed by atoms with Gasteiger partial charge in [0.1, 0.15) is 5.82 Å². The first-order chi connectivity index (χ1) is 8.16. The first-order valence-electron chi connectivity index (χ1n) is 5.87. The van der Waals surface area contributed by atoms with Crippen LogP contribution in [0.3, 0.4) is 0 Å². The molecule has 0 aromatic carbocycles. The molecule has 0 atom stereocenters. The van der Waals surface area contributed by atoms with E-state index in [1.807, 2.05) is 0 Å². The molecule has 1 aromatic heterocycles. The van der Waals surface area contributed by atoms with Gasteiger partial charge in [-0.25, -0.2) is 13.8 Å². The van der Waals surface area contributed by atoms with Gasteiger partial charge in [-0.05, 0) is 34.8 Å². The van der Waals surface area contributed by atoms with E-state index in [0.717, 1.165) is 12.8 Å². The Labute approximate surface area is 108 Å². The standard InChI is InChI=1S/C12H15BrF2N2/c13-10-7-16-11(6-9(10)12(14)15)17-8-4-2-1-3-5-8/h6-8,12H,1-5H2,(H,16,17). The number of anilines is 1. The average molecular weight is 305 g/mol. The van der Waals surface area contributed by atoms with Crippen molar-refractivity contribution in [2.45, 2.75) is 44.6 Å². The third kappa shape index (κ3) is 3.37. The first kappa shape index (κ1) is 12.7. The molecule has 0 bridgehead atoms. The number of halogens is 3. The smallest absolute Gasteiger partial charge is 0.265 e. The predicted octanol–water partition coefficient (Wildman–Crippen LogP) is 4.53. The molecule has 1 aliphatic rings. The molecular formula is C12H15BrF2N2. The maximum Gasteiger partial charge on any atom is 0.265 e. The van der Waals surface area contributed by atoms with Crippen molar-refractivity contribution in [1.29, 1.82) is 0 Å². The minimum Gasteiger partial charge on any atom is -0.367 e. The number of pyridine rings is 1. The van der Waals surface area contributed by atoms with Crippen LogP contribution in [0.15, 0.2) is 16.7 Å². The molecule has 1 heterocycles. The van der Waals surface area contributed by atoms with E-state index in [0.29, 0.717) is 16.3 Å². The highest BCUT2D eigenvalue weighted by atomic mass is 79.9. The summed E-state index contributed by atoms with van der Waals surface area (Å²) >= 11 is 3.09. The van der Waals surface area contributed by atoms with Gasteiger partial charge in [0.25, 0.3) is 6.43 Å². The van der Waals surface area contributed by atoms with Crippen molar-refractivity contribution in [3.63, 3.8) is 0 Å². The Morgan fingerprint density at radius 1 is 1.29 bits per heavy atom. The fourth-order valence-corrected chi connectivity index (χ4v) is 2.55. The normalized spacial score (nSPS) is 17.4. The molecule has 1 N–H and O–H groups in total. The zero-order chi connectivity index (χ0) is 12.3. The summed E-state index contributed by atoms with van der Waals surface area (Å²) < 4.78 is 25.8. The second kappa shape index (κ2) is 5.76. The highest BCUT2D eigenvalue weighted by molar-refractivity contribution is 9.10. The summed E-state index contributed by atoms with van der Waals surface area (Å²) in [6.07, 6.45) is 4.84. The van der Waals surface area contributed by atoms with Crippen LogP contribution >= 0.6 is 15.9 Å². The molecule has 0 unspecified atom stereocenters. The molecule has 1 saturated carbocycles. The van der Waals surface area contributed by atoms with Crippen molar-refractivity contribution < 1.29 is 8.78 Å². The molecule has 1 aliphatic carbocycles. The van der Waals surface area contributed by atoms with Crippen LogP contribution in [0.4, 0.5) is 14.6 Å². The van der Waals surface area contributed by atoms with Gasteiger partial charge < -0.3 is 5.32 Å². The van der Waals surface area contributed by atoms with Gasteiger partial charge in [0, 0.05) is 22.3 Å². The van der Waals surface area contributed by atoms with Crippen LogP contribution in [-0.4, -0.2) is 11.0 Å². The van der Waals surface area contributed by atoms with Crippen LogP contribution in [0.5, 0.6) is 0 Å². The minimum absolute atomic E-state index is 0.00157. The molecule has 5 heteroatoms. The van der Waals surface area contributed by atoms with Crippen LogP contribution in [0.1, 0.15) is 44.1 Å². The van der Waals surface area contributed by atoms with E-state index in [4.69, 9.17) is 0 Å². The molecule has 2 nitrogen and oxygen atoms in total. The highest BCUT2D eigenvalue weighted by Gasteiger charge is 2.16. The number of rotatable bonds is 3. The summed E-state index contributed by atoms with van der Waals surface area (Å²) in [4.78, 5) is 4.12.